The van der Waals surface area contributed by atoms with Crippen LogP contribution in [0.15, 0.2) is 18.3 Å². The van der Waals surface area contributed by atoms with Crippen molar-refractivity contribution in [3.05, 3.63) is 23.9 Å². The molecule has 2 aliphatic heterocycles. The van der Waals surface area contributed by atoms with Crippen LogP contribution in [-0.2, 0) is 21.5 Å². The molecule has 0 bridgehead atoms. The molecule has 2 fully saturated rings. The van der Waals surface area contributed by atoms with Gasteiger partial charge in [-0.2, -0.15) is 17.4 Å². The predicted octanol–water partition coefficient (Wildman–Crippen LogP) is 0.984. The molecule has 0 aromatic carbocycles. The van der Waals surface area contributed by atoms with Crippen LogP contribution in [0, 0.1) is 5.92 Å². The molecule has 1 N–H and O–H groups in total. The summed E-state index contributed by atoms with van der Waals surface area (Å²) in [6, 6.07) is 3.87. The maximum atomic E-state index is 12.4. The molecule has 134 valence electrons. The van der Waals surface area contributed by atoms with Crippen molar-refractivity contribution in [2.75, 3.05) is 44.3 Å². The quantitative estimate of drug-likeness (QED) is 0.853. The van der Waals surface area contributed by atoms with Gasteiger partial charge in [0.1, 0.15) is 5.82 Å². The largest absolute Gasteiger partial charge is 0.378 e. The number of aromatic nitrogens is 1. The molecule has 1 unspecified atom stereocenters. The van der Waals surface area contributed by atoms with Crippen molar-refractivity contribution >= 4 is 16.0 Å². The summed E-state index contributed by atoms with van der Waals surface area (Å²) < 4.78 is 34.4. The van der Waals surface area contributed by atoms with Gasteiger partial charge in [0.25, 0.3) is 10.2 Å². The van der Waals surface area contributed by atoms with Gasteiger partial charge in [0, 0.05) is 38.9 Å². The van der Waals surface area contributed by atoms with Gasteiger partial charge in [-0.15, -0.1) is 0 Å². The lowest BCUT2D eigenvalue weighted by Crippen LogP contribution is -2.45. The van der Waals surface area contributed by atoms with Crippen LogP contribution in [0.1, 0.15) is 25.3 Å². The first-order valence-electron chi connectivity index (χ1n) is 8.57. The van der Waals surface area contributed by atoms with Crippen LogP contribution in [0.3, 0.4) is 0 Å². The summed E-state index contributed by atoms with van der Waals surface area (Å²) >= 11 is 0. The van der Waals surface area contributed by atoms with Gasteiger partial charge >= 0.3 is 0 Å². The van der Waals surface area contributed by atoms with Crippen molar-refractivity contribution in [1.29, 1.82) is 0 Å². The van der Waals surface area contributed by atoms with E-state index in [1.54, 1.807) is 10.5 Å². The zero-order chi connectivity index (χ0) is 17.0. The first kappa shape index (κ1) is 17.6. The van der Waals surface area contributed by atoms with E-state index in [2.05, 4.69) is 21.5 Å². The molecule has 2 saturated heterocycles. The summed E-state index contributed by atoms with van der Waals surface area (Å²) in [4.78, 5) is 6.62. The Morgan fingerprint density at radius 3 is 2.75 bits per heavy atom. The first-order chi connectivity index (χ1) is 11.5. The minimum atomic E-state index is -3.42. The number of morpholine rings is 1. The Kier molecular flexibility index (Phi) is 5.70. The van der Waals surface area contributed by atoms with Gasteiger partial charge in [-0.3, -0.25) is 0 Å². The smallest absolute Gasteiger partial charge is 0.279 e. The van der Waals surface area contributed by atoms with E-state index in [9.17, 15) is 8.42 Å². The van der Waals surface area contributed by atoms with Crippen LogP contribution in [0.25, 0.3) is 0 Å². The van der Waals surface area contributed by atoms with Gasteiger partial charge in [-0.25, -0.2) is 4.98 Å². The molecule has 0 radical (unpaired) electrons. The average Bonchev–Trinajstić information content (AvgIpc) is 2.61. The molecule has 0 aliphatic carbocycles. The number of hydrogen-bond donors (Lipinski definition) is 1. The van der Waals surface area contributed by atoms with Gasteiger partial charge in [-0.05, 0) is 30.4 Å². The van der Waals surface area contributed by atoms with Crippen molar-refractivity contribution in [2.24, 2.45) is 5.92 Å². The van der Waals surface area contributed by atoms with E-state index in [1.807, 2.05) is 12.1 Å². The predicted molar refractivity (Wildman–Crippen MR) is 93.0 cm³/mol. The van der Waals surface area contributed by atoms with E-state index in [0.717, 1.165) is 50.5 Å². The van der Waals surface area contributed by atoms with Crippen molar-refractivity contribution in [2.45, 2.75) is 26.3 Å². The number of hydrogen-bond acceptors (Lipinski definition) is 5. The second-order valence-corrected chi connectivity index (χ2v) is 8.31. The molecule has 8 heteroatoms. The van der Waals surface area contributed by atoms with Crippen LogP contribution in [0.2, 0.25) is 0 Å². The van der Waals surface area contributed by atoms with Crippen LogP contribution >= 0.6 is 0 Å². The molecule has 24 heavy (non-hydrogen) atoms. The Labute approximate surface area is 144 Å². The lowest BCUT2D eigenvalue weighted by atomic mass is 10.0. The summed E-state index contributed by atoms with van der Waals surface area (Å²) in [5.41, 5.74) is 0.862. The molecule has 1 atom stereocenters. The normalized spacial score (nSPS) is 23.4. The number of rotatable bonds is 5. The van der Waals surface area contributed by atoms with Gasteiger partial charge in [0.15, 0.2) is 0 Å². The molecular formula is C16H26N4O3S. The molecule has 3 rings (SSSR count). The Morgan fingerprint density at radius 2 is 2.08 bits per heavy atom. The number of nitrogens with one attached hydrogen (secondary N) is 1. The summed E-state index contributed by atoms with van der Waals surface area (Å²) in [5.74, 6) is 1.33. The fourth-order valence-electron chi connectivity index (χ4n) is 3.13. The first-order valence-corrected chi connectivity index (χ1v) is 10.0. The van der Waals surface area contributed by atoms with E-state index in [1.165, 1.54) is 0 Å². The molecular weight excluding hydrogens is 328 g/mol. The molecule has 0 spiro atoms. The van der Waals surface area contributed by atoms with Gasteiger partial charge in [0.2, 0.25) is 0 Å². The van der Waals surface area contributed by atoms with Crippen LogP contribution in [-0.4, -0.2) is 57.1 Å². The summed E-state index contributed by atoms with van der Waals surface area (Å²) in [6.07, 6.45) is 3.77. The molecule has 0 saturated carbocycles. The highest BCUT2D eigenvalue weighted by Gasteiger charge is 2.26. The molecule has 1 aromatic heterocycles. The maximum Gasteiger partial charge on any atom is 0.279 e. The summed E-state index contributed by atoms with van der Waals surface area (Å²) in [6.45, 7) is 6.68. The fourth-order valence-corrected chi connectivity index (χ4v) is 4.48. The lowest BCUT2D eigenvalue weighted by Gasteiger charge is -2.30. The molecule has 2 aliphatic rings. The van der Waals surface area contributed by atoms with Gasteiger partial charge in [0.05, 0.1) is 13.2 Å². The highest BCUT2D eigenvalue weighted by molar-refractivity contribution is 7.87. The monoisotopic (exact) mass is 354 g/mol. The highest BCUT2D eigenvalue weighted by atomic mass is 32.2. The average molecular weight is 354 g/mol. The van der Waals surface area contributed by atoms with Gasteiger partial charge in [-0.1, -0.05) is 13.0 Å². The zero-order valence-corrected chi connectivity index (χ0v) is 15.0. The maximum absolute atomic E-state index is 12.4. The minimum absolute atomic E-state index is 0.267. The van der Waals surface area contributed by atoms with E-state index in [4.69, 9.17) is 4.74 Å². The summed E-state index contributed by atoms with van der Waals surface area (Å²) in [5, 5.41) is 0. The fraction of sp³-hybridized carbons (Fsp3) is 0.688. The van der Waals surface area contributed by atoms with Crippen molar-refractivity contribution in [3.8, 4) is 0 Å². The number of nitrogens with zero attached hydrogens (tertiary/aromatic N) is 3. The number of ether oxygens (including phenoxy) is 1. The van der Waals surface area contributed by atoms with E-state index < -0.39 is 10.2 Å². The standard InChI is InChI=1S/C16H26N4O3S/c1-14-3-2-6-20(13-14)24(21,22)18-12-15-4-5-16(17-11-15)19-7-9-23-10-8-19/h4-5,11,14,18H,2-3,6-10,12-13H2,1H3. The minimum Gasteiger partial charge on any atom is -0.378 e. The second-order valence-electron chi connectivity index (χ2n) is 6.56. The second kappa shape index (κ2) is 7.77. The van der Waals surface area contributed by atoms with Crippen molar-refractivity contribution < 1.29 is 13.2 Å². The van der Waals surface area contributed by atoms with Crippen LogP contribution < -0.4 is 9.62 Å². The topological polar surface area (TPSA) is 74.8 Å². The Bertz CT molecular complexity index is 629. The third-order valence-electron chi connectivity index (χ3n) is 4.56. The van der Waals surface area contributed by atoms with Crippen molar-refractivity contribution in [3.63, 3.8) is 0 Å². The van der Waals surface area contributed by atoms with Crippen molar-refractivity contribution in [1.82, 2.24) is 14.0 Å². The highest BCUT2D eigenvalue weighted by Crippen LogP contribution is 2.18. The molecule has 3 heterocycles. The van der Waals surface area contributed by atoms with E-state index in [0.29, 0.717) is 19.0 Å². The van der Waals surface area contributed by atoms with Crippen LogP contribution in [0.5, 0.6) is 0 Å². The molecule has 1 aromatic rings. The number of pyridine rings is 1. The molecule has 0 amide bonds. The number of anilines is 1. The Balaban J connectivity index is 1.56. The Morgan fingerprint density at radius 1 is 1.29 bits per heavy atom. The SMILES string of the molecule is CC1CCCN(S(=O)(=O)NCc2ccc(N3CCOCC3)nc2)C1. The zero-order valence-electron chi connectivity index (χ0n) is 14.1. The van der Waals surface area contributed by atoms with Crippen LogP contribution in [0.4, 0.5) is 5.82 Å². The van der Waals surface area contributed by atoms with E-state index in [-0.39, 0.29) is 6.54 Å². The summed E-state index contributed by atoms with van der Waals surface area (Å²) in [7, 11) is -3.42. The third kappa shape index (κ3) is 4.44. The molecule has 7 nitrogen and oxygen atoms in total. The number of piperidine rings is 1. The lowest BCUT2D eigenvalue weighted by molar-refractivity contribution is 0.122. The Hall–Kier alpha value is -1.22. The van der Waals surface area contributed by atoms with Gasteiger partial charge < -0.3 is 9.64 Å². The third-order valence-corrected chi connectivity index (χ3v) is 6.08. The van der Waals surface area contributed by atoms with E-state index >= 15 is 0 Å².